The fourth-order valence-electron chi connectivity index (χ4n) is 11.8. The van der Waals surface area contributed by atoms with Crippen molar-refractivity contribution in [3.63, 3.8) is 0 Å². The molecule has 408 valence electrons. The van der Waals surface area contributed by atoms with Crippen LogP contribution in [0.3, 0.4) is 0 Å². The summed E-state index contributed by atoms with van der Waals surface area (Å²) in [7, 11) is 0. The highest BCUT2D eigenvalue weighted by atomic mass is 16.6. The van der Waals surface area contributed by atoms with Crippen molar-refractivity contribution >= 4 is 17.0 Å². The second-order valence-corrected chi connectivity index (χ2v) is 20.2. The summed E-state index contributed by atoms with van der Waals surface area (Å²) >= 11 is 0. The smallest absolute Gasteiger partial charge is 0.167 e. The summed E-state index contributed by atoms with van der Waals surface area (Å²) in [5.41, 5.74) is 6.30. The van der Waals surface area contributed by atoms with Gasteiger partial charge >= 0.3 is 0 Å². The van der Waals surface area contributed by atoms with Crippen molar-refractivity contribution in [3.8, 4) is 0 Å². The molecule has 1 saturated heterocycles. The van der Waals surface area contributed by atoms with Gasteiger partial charge in [0, 0.05) is 0 Å². The molecule has 0 aliphatic carbocycles. The van der Waals surface area contributed by atoms with Crippen LogP contribution < -0.4 is 5.32 Å². The number of hydrogen-bond acceptors (Lipinski definition) is 10. The first-order chi connectivity index (χ1) is 40.6. The molecule has 2 N–H and O–H groups in total. The summed E-state index contributed by atoms with van der Waals surface area (Å²) in [5.74, 6) is 0.509. The lowest BCUT2D eigenvalue weighted by atomic mass is 9.77. The molecule has 82 heavy (non-hydrogen) atoms. The van der Waals surface area contributed by atoms with Crippen molar-refractivity contribution in [1.82, 2.24) is 19.5 Å². The van der Waals surface area contributed by atoms with Crippen molar-refractivity contribution in [2.24, 2.45) is 0 Å². The average Bonchev–Trinajstić information content (AvgIpc) is 3.04. The second kappa shape index (κ2) is 24.8. The molecule has 11 heteroatoms. The van der Waals surface area contributed by atoms with Gasteiger partial charge in [-0.25, -0.2) is 15.0 Å². The number of nitrogens with one attached hydrogen (secondary N) is 1. The molecule has 4 atom stereocenters. The van der Waals surface area contributed by atoms with Gasteiger partial charge in [-0.1, -0.05) is 273 Å². The molecule has 0 spiro atoms. The molecule has 12 rings (SSSR count). The van der Waals surface area contributed by atoms with Gasteiger partial charge in [0.25, 0.3) is 0 Å². The van der Waals surface area contributed by atoms with Gasteiger partial charge in [0.2, 0.25) is 0 Å². The van der Waals surface area contributed by atoms with Crippen molar-refractivity contribution in [1.29, 1.82) is 0 Å². The number of ether oxygens (including phenoxy) is 5. The molecule has 11 nitrogen and oxygen atoms in total. The number of aliphatic hydroxyl groups is 1. The Hall–Kier alpha value is -8.91. The minimum atomic E-state index is -1.23. The van der Waals surface area contributed by atoms with Crippen LogP contribution in [-0.2, 0) is 40.4 Å². The molecule has 0 radical (unpaired) electrons. The molecule has 0 bridgehead atoms. The number of nitrogens with zero attached hydrogens (tertiary/aromatic N) is 4. The standard InChI is InChI=1S/C71H63N5O6/c77-46-47-78-48-49-79-64-62(50-80-70(56-34-16-4-17-35-56,57-36-18-5-19-37-57)58-38-20-6-21-39-58)81-68(65(64)82-71(59-40-22-7-23-41-59,60-42-24-8-25-43-60)61-44-26-9-27-45-61)76-52-74-63-66(72-51-73-67(63)76)75-69(53-28-10-1-11-29-53,54-30-12-2-13-31-54)55-32-14-3-15-33-55/h1-45,51-52,62,64-65,68,77H,46-50H2,(H,72,73,75)/t62-,64-,65-,68-/m1/s1. The van der Waals surface area contributed by atoms with E-state index < -0.39 is 41.3 Å². The quantitative estimate of drug-likeness (QED) is 0.0473. The van der Waals surface area contributed by atoms with Crippen molar-refractivity contribution in [3.05, 3.63) is 336 Å². The van der Waals surface area contributed by atoms with Gasteiger partial charge in [0.1, 0.15) is 41.4 Å². The molecule has 2 aromatic heterocycles. The van der Waals surface area contributed by atoms with E-state index in [0.29, 0.717) is 17.0 Å². The Bertz CT molecular complexity index is 3430. The molecular formula is C71H63N5O6. The Labute approximate surface area is 478 Å². The van der Waals surface area contributed by atoms with E-state index >= 15 is 0 Å². The number of benzene rings is 9. The third kappa shape index (κ3) is 10.4. The summed E-state index contributed by atoms with van der Waals surface area (Å²) in [6, 6.07) is 93.1. The van der Waals surface area contributed by atoms with Crippen molar-refractivity contribution in [2.45, 2.75) is 41.3 Å². The van der Waals surface area contributed by atoms with Crippen molar-refractivity contribution < 1.29 is 28.8 Å². The number of hydrogen-bond donors (Lipinski definition) is 2. The molecule has 3 heterocycles. The van der Waals surface area contributed by atoms with Crippen LogP contribution in [-0.4, -0.2) is 76.0 Å². The Balaban J connectivity index is 1.05. The SMILES string of the molecule is OCCOCCO[C@H]1[C@@H](OC(c2ccccc2)(c2ccccc2)c2ccccc2)[C@H](n2cnc3c(NC(c4ccccc4)(c4ccccc4)c4ccccc4)ncnc32)O[C@@H]1COC(c1ccccc1)(c1ccccc1)c1ccccc1. The fourth-order valence-corrected chi connectivity index (χ4v) is 11.8. The predicted molar refractivity (Wildman–Crippen MR) is 319 cm³/mol. The predicted octanol–water partition coefficient (Wildman–Crippen LogP) is 12.9. The first-order valence-corrected chi connectivity index (χ1v) is 27.9. The summed E-state index contributed by atoms with van der Waals surface area (Å²) < 4.78 is 38.4. The number of rotatable bonds is 23. The lowest BCUT2D eigenvalue weighted by molar-refractivity contribution is -0.135. The van der Waals surface area contributed by atoms with Gasteiger partial charge < -0.3 is 34.1 Å². The van der Waals surface area contributed by atoms with Gasteiger partial charge in [-0.15, -0.1) is 0 Å². The zero-order valence-corrected chi connectivity index (χ0v) is 45.3. The van der Waals surface area contributed by atoms with E-state index in [9.17, 15) is 5.11 Å². The normalized spacial score (nSPS) is 16.5. The van der Waals surface area contributed by atoms with Gasteiger partial charge in [-0.2, -0.15) is 0 Å². The van der Waals surface area contributed by atoms with Gasteiger partial charge in [0.15, 0.2) is 23.2 Å². The largest absolute Gasteiger partial charge is 0.394 e. The molecule has 1 aliphatic heterocycles. The minimum absolute atomic E-state index is 0.0361. The van der Waals surface area contributed by atoms with E-state index in [2.05, 4.69) is 151 Å². The topological polar surface area (TPSA) is 122 Å². The van der Waals surface area contributed by atoms with E-state index in [1.165, 1.54) is 0 Å². The van der Waals surface area contributed by atoms with E-state index in [0.717, 1.165) is 50.1 Å². The second-order valence-electron chi connectivity index (χ2n) is 20.2. The Morgan fingerprint density at radius 3 is 1.23 bits per heavy atom. The summed E-state index contributed by atoms with van der Waals surface area (Å²) in [5, 5.41) is 13.8. The molecular weight excluding hydrogens is 1020 g/mol. The van der Waals surface area contributed by atoms with Crippen LogP contribution in [0, 0.1) is 0 Å². The summed E-state index contributed by atoms with van der Waals surface area (Å²) in [6.07, 6.45) is -0.126. The highest BCUT2D eigenvalue weighted by Gasteiger charge is 2.54. The number of aromatic nitrogens is 4. The number of anilines is 1. The van der Waals surface area contributed by atoms with Crippen molar-refractivity contribution in [2.75, 3.05) is 38.4 Å². The maximum atomic E-state index is 9.78. The van der Waals surface area contributed by atoms with Crippen LogP contribution in [0.25, 0.3) is 11.2 Å². The third-order valence-corrected chi connectivity index (χ3v) is 15.5. The first-order valence-electron chi connectivity index (χ1n) is 27.9. The number of imidazole rings is 1. The van der Waals surface area contributed by atoms with Gasteiger partial charge in [-0.3, -0.25) is 4.57 Å². The van der Waals surface area contributed by atoms with E-state index in [4.69, 9.17) is 38.6 Å². The van der Waals surface area contributed by atoms with Crippen LogP contribution >= 0.6 is 0 Å². The first kappa shape index (κ1) is 53.7. The Morgan fingerprint density at radius 2 is 0.829 bits per heavy atom. The van der Waals surface area contributed by atoms with Gasteiger partial charge in [-0.05, 0) is 50.1 Å². The molecule has 0 unspecified atom stereocenters. The van der Waals surface area contributed by atoms with Crippen LogP contribution in [0.1, 0.15) is 56.3 Å². The molecule has 9 aromatic carbocycles. The maximum Gasteiger partial charge on any atom is 0.167 e. The average molecular weight is 1080 g/mol. The Morgan fingerprint density at radius 1 is 0.439 bits per heavy atom. The van der Waals surface area contributed by atoms with E-state index in [1.807, 2.05) is 132 Å². The lowest BCUT2D eigenvalue weighted by Crippen LogP contribution is -2.46. The Kier molecular flexibility index (Phi) is 16.3. The minimum Gasteiger partial charge on any atom is -0.394 e. The van der Waals surface area contributed by atoms with Crippen LogP contribution in [0.2, 0.25) is 0 Å². The highest BCUT2D eigenvalue weighted by Crippen LogP contribution is 2.49. The zero-order valence-electron chi connectivity index (χ0n) is 45.3. The highest BCUT2D eigenvalue weighted by molar-refractivity contribution is 5.84. The van der Waals surface area contributed by atoms with E-state index in [1.54, 1.807) is 12.7 Å². The monoisotopic (exact) mass is 1080 g/mol. The van der Waals surface area contributed by atoms with Crippen LogP contribution in [0.15, 0.2) is 286 Å². The fraction of sp³-hybridized carbons (Fsp3) is 0.169. The van der Waals surface area contributed by atoms with Crippen LogP contribution in [0.4, 0.5) is 5.82 Å². The maximum absolute atomic E-state index is 9.78. The van der Waals surface area contributed by atoms with Crippen LogP contribution in [0.5, 0.6) is 0 Å². The number of aliphatic hydroxyl groups excluding tert-OH is 1. The third-order valence-electron chi connectivity index (χ3n) is 15.5. The molecule has 0 amide bonds. The molecule has 1 fully saturated rings. The number of fused-ring (bicyclic) bond motifs is 1. The lowest BCUT2D eigenvalue weighted by Gasteiger charge is -2.40. The molecule has 1 aliphatic rings. The molecule has 0 saturated carbocycles. The van der Waals surface area contributed by atoms with E-state index in [-0.39, 0.29) is 33.0 Å². The zero-order chi connectivity index (χ0) is 55.4. The summed E-state index contributed by atoms with van der Waals surface area (Å²) in [6.45, 7) is 0.418. The molecule has 11 aromatic rings. The van der Waals surface area contributed by atoms with Gasteiger partial charge in [0.05, 0.1) is 39.4 Å². The summed E-state index contributed by atoms with van der Waals surface area (Å²) in [4.78, 5) is 15.3.